The summed E-state index contributed by atoms with van der Waals surface area (Å²) >= 11 is 0. The SMILES string of the molecule is CN(C)c1ccc(NC(=O)C(=O)NCC[C@H](O)c2cccn2C)cc1. The highest BCUT2D eigenvalue weighted by molar-refractivity contribution is 6.39. The molecule has 2 rings (SSSR count). The molecule has 25 heavy (non-hydrogen) atoms. The molecule has 1 aromatic carbocycles. The van der Waals surface area contributed by atoms with Gasteiger partial charge >= 0.3 is 11.8 Å². The minimum atomic E-state index is -0.731. The highest BCUT2D eigenvalue weighted by atomic mass is 16.3. The van der Waals surface area contributed by atoms with E-state index in [1.54, 1.807) is 12.1 Å². The molecule has 0 unspecified atom stereocenters. The Morgan fingerprint density at radius 2 is 1.84 bits per heavy atom. The van der Waals surface area contributed by atoms with Crippen LogP contribution >= 0.6 is 0 Å². The fourth-order valence-electron chi connectivity index (χ4n) is 2.40. The lowest BCUT2D eigenvalue weighted by Crippen LogP contribution is -2.36. The third kappa shape index (κ3) is 5.09. The van der Waals surface area contributed by atoms with Gasteiger partial charge in [0.25, 0.3) is 0 Å². The smallest absolute Gasteiger partial charge is 0.313 e. The van der Waals surface area contributed by atoms with E-state index in [0.29, 0.717) is 12.1 Å². The highest BCUT2D eigenvalue weighted by Crippen LogP contribution is 2.16. The summed E-state index contributed by atoms with van der Waals surface area (Å²) in [4.78, 5) is 25.7. The first-order chi connectivity index (χ1) is 11.9. The third-order valence-electron chi connectivity index (χ3n) is 3.88. The standard InChI is InChI=1S/C18H24N4O3/c1-21(2)14-8-6-13(7-9-14)20-18(25)17(24)19-11-10-16(23)15-5-4-12-22(15)3/h4-9,12,16,23H,10-11H2,1-3H3,(H,19,24)(H,20,25)/t16-/m0/s1. The summed E-state index contributed by atoms with van der Waals surface area (Å²) in [6.07, 6.45) is 1.47. The molecule has 1 heterocycles. The van der Waals surface area contributed by atoms with Gasteiger partial charge in [-0.25, -0.2) is 0 Å². The van der Waals surface area contributed by atoms with Crippen molar-refractivity contribution >= 4 is 23.2 Å². The second kappa shape index (κ2) is 8.34. The summed E-state index contributed by atoms with van der Waals surface area (Å²) in [5.41, 5.74) is 2.31. The number of nitrogens with zero attached hydrogens (tertiary/aromatic N) is 2. The molecular weight excluding hydrogens is 320 g/mol. The molecule has 1 atom stereocenters. The van der Waals surface area contributed by atoms with E-state index in [9.17, 15) is 14.7 Å². The van der Waals surface area contributed by atoms with Crippen molar-refractivity contribution in [2.24, 2.45) is 7.05 Å². The van der Waals surface area contributed by atoms with Gasteiger partial charge in [0.1, 0.15) is 0 Å². The number of anilines is 2. The number of aliphatic hydroxyl groups is 1. The molecule has 0 saturated carbocycles. The van der Waals surface area contributed by atoms with E-state index < -0.39 is 17.9 Å². The maximum Gasteiger partial charge on any atom is 0.313 e. The number of amides is 2. The lowest BCUT2D eigenvalue weighted by molar-refractivity contribution is -0.136. The van der Waals surface area contributed by atoms with Crippen LogP contribution in [-0.2, 0) is 16.6 Å². The van der Waals surface area contributed by atoms with Crippen molar-refractivity contribution in [1.82, 2.24) is 9.88 Å². The predicted octanol–water partition coefficient (Wildman–Crippen LogP) is 1.27. The average Bonchev–Trinajstić information content (AvgIpc) is 3.01. The minimum absolute atomic E-state index is 0.207. The molecule has 2 aromatic rings. The van der Waals surface area contributed by atoms with Crippen LogP contribution in [0.2, 0.25) is 0 Å². The van der Waals surface area contributed by atoms with E-state index in [-0.39, 0.29) is 6.54 Å². The lowest BCUT2D eigenvalue weighted by Gasteiger charge is -2.13. The monoisotopic (exact) mass is 344 g/mol. The minimum Gasteiger partial charge on any atom is -0.387 e. The van der Waals surface area contributed by atoms with Crippen molar-refractivity contribution in [1.29, 1.82) is 0 Å². The zero-order chi connectivity index (χ0) is 18.4. The molecule has 3 N–H and O–H groups in total. The molecule has 0 bridgehead atoms. The number of hydrogen-bond acceptors (Lipinski definition) is 4. The van der Waals surface area contributed by atoms with Crippen LogP contribution in [0.4, 0.5) is 11.4 Å². The van der Waals surface area contributed by atoms with Gasteiger partial charge in [-0.05, 0) is 42.8 Å². The Hall–Kier alpha value is -2.80. The number of nitrogens with one attached hydrogen (secondary N) is 2. The van der Waals surface area contributed by atoms with Crippen molar-refractivity contribution in [2.75, 3.05) is 30.9 Å². The van der Waals surface area contributed by atoms with Crippen LogP contribution in [0.1, 0.15) is 18.2 Å². The summed E-state index contributed by atoms with van der Waals surface area (Å²) in [5.74, 6) is -1.46. The Morgan fingerprint density at radius 1 is 1.16 bits per heavy atom. The van der Waals surface area contributed by atoms with Gasteiger partial charge < -0.3 is 25.2 Å². The van der Waals surface area contributed by atoms with E-state index in [1.807, 2.05) is 61.1 Å². The van der Waals surface area contributed by atoms with Gasteiger partial charge in [-0.1, -0.05) is 0 Å². The second-order valence-electron chi connectivity index (χ2n) is 6.00. The van der Waals surface area contributed by atoms with Gasteiger partial charge in [-0.15, -0.1) is 0 Å². The van der Waals surface area contributed by atoms with E-state index in [1.165, 1.54) is 0 Å². The van der Waals surface area contributed by atoms with Crippen LogP contribution in [-0.4, -0.2) is 42.1 Å². The normalized spacial score (nSPS) is 11.7. The van der Waals surface area contributed by atoms with E-state index in [2.05, 4.69) is 10.6 Å². The maximum atomic E-state index is 11.9. The summed E-state index contributed by atoms with van der Waals surface area (Å²) in [6, 6.07) is 10.8. The van der Waals surface area contributed by atoms with Crippen molar-refractivity contribution in [3.63, 3.8) is 0 Å². The zero-order valence-electron chi connectivity index (χ0n) is 14.7. The fourth-order valence-corrected chi connectivity index (χ4v) is 2.40. The molecule has 7 nitrogen and oxygen atoms in total. The fraction of sp³-hybridized carbons (Fsp3) is 0.333. The second-order valence-corrected chi connectivity index (χ2v) is 6.00. The van der Waals surface area contributed by atoms with Crippen LogP contribution < -0.4 is 15.5 Å². The van der Waals surface area contributed by atoms with Gasteiger partial charge in [0.15, 0.2) is 0 Å². The number of aliphatic hydroxyl groups excluding tert-OH is 1. The summed E-state index contributed by atoms with van der Waals surface area (Å²) in [6.45, 7) is 0.207. The third-order valence-corrected chi connectivity index (χ3v) is 3.88. The zero-order valence-corrected chi connectivity index (χ0v) is 14.7. The van der Waals surface area contributed by atoms with Crippen molar-refractivity contribution in [3.8, 4) is 0 Å². The number of carbonyl (C=O) groups is 2. The maximum absolute atomic E-state index is 11.9. The van der Waals surface area contributed by atoms with Crippen LogP contribution in [0.25, 0.3) is 0 Å². The topological polar surface area (TPSA) is 86.6 Å². The molecule has 0 saturated heterocycles. The Kier molecular flexibility index (Phi) is 6.19. The van der Waals surface area contributed by atoms with E-state index in [4.69, 9.17) is 0 Å². The first-order valence-corrected chi connectivity index (χ1v) is 8.04. The van der Waals surface area contributed by atoms with Crippen LogP contribution in [0.3, 0.4) is 0 Å². The molecule has 0 radical (unpaired) electrons. The molecule has 0 spiro atoms. The number of carbonyl (C=O) groups excluding carboxylic acids is 2. The molecule has 0 aliphatic carbocycles. The molecule has 0 fully saturated rings. The molecule has 0 aliphatic heterocycles. The molecule has 1 aromatic heterocycles. The number of hydrogen-bond donors (Lipinski definition) is 3. The van der Waals surface area contributed by atoms with E-state index >= 15 is 0 Å². The van der Waals surface area contributed by atoms with Gasteiger partial charge in [0, 0.05) is 51.0 Å². The Labute approximate surface area is 147 Å². The van der Waals surface area contributed by atoms with Gasteiger partial charge in [0.05, 0.1) is 6.10 Å². The van der Waals surface area contributed by atoms with Gasteiger partial charge in [0.2, 0.25) is 0 Å². The quantitative estimate of drug-likeness (QED) is 0.689. The highest BCUT2D eigenvalue weighted by Gasteiger charge is 2.15. The summed E-state index contributed by atoms with van der Waals surface area (Å²) in [5, 5.41) is 15.1. The van der Waals surface area contributed by atoms with Gasteiger partial charge in [-0.2, -0.15) is 0 Å². The largest absolute Gasteiger partial charge is 0.387 e. The molecule has 7 heteroatoms. The molecule has 2 amide bonds. The molecule has 134 valence electrons. The van der Waals surface area contributed by atoms with Crippen LogP contribution in [0.5, 0.6) is 0 Å². The average molecular weight is 344 g/mol. The number of rotatable bonds is 6. The molecule has 0 aliphatic rings. The van der Waals surface area contributed by atoms with Gasteiger partial charge in [-0.3, -0.25) is 9.59 Å². The number of benzene rings is 1. The Morgan fingerprint density at radius 3 is 2.40 bits per heavy atom. The summed E-state index contributed by atoms with van der Waals surface area (Å²) < 4.78 is 1.82. The van der Waals surface area contributed by atoms with Crippen LogP contribution in [0.15, 0.2) is 42.6 Å². The van der Waals surface area contributed by atoms with Crippen molar-refractivity contribution in [3.05, 3.63) is 48.3 Å². The number of aromatic nitrogens is 1. The first-order valence-electron chi connectivity index (χ1n) is 8.04. The van der Waals surface area contributed by atoms with E-state index in [0.717, 1.165) is 11.4 Å². The first kappa shape index (κ1) is 18.5. The summed E-state index contributed by atoms with van der Waals surface area (Å²) in [7, 11) is 5.68. The van der Waals surface area contributed by atoms with Crippen LogP contribution in [0, 0.1) is 0 Å². The molecular formula is C18H24N4O3. The van der Waals surface area contributed by atoms with Crippen molar-refractivity contribution < 1.29 is 14.7 Å². The number of aryl methyl sites for hydroxylation is 1. The predicted molar refractivity (Wildman–Crippen MR) is 97.4 cm³/mol. The Bertz CT molecular complexity index is 722. The van der Waals surface area contributed by atoms with Crippen molar-refractivity contribution in [2.45, 2.75) is 12.5 Å². The Balaban J connectivity index is 1.78. The lowest BCUT2D eigenvalue weighted by atomic mass is 10.2.